The fourth-order valence-corrected chi connectivity index (χ4v) is 2.70. The minimum Gasteiger partial charge on any atom is -0.395 e. The minimum atomic E-state index is -0.759. The minimum absolute atomic E-state index is 0.0847. The molecule has 0 aromatic heterocycles. The second-order valence-electron chi connectivity index (χ2n) is 4.80. The Bertz CT molecular complexity index is 437. The Morgan fingerprint density at radius 2 is 2.29 bits per heavy atom. The number of hydrogen-bond acceptors (Lipinski definition) is 3. The van der Waals surface area contributed by atoms with Crippen LogP contribution >= 0.6 is 15.9 Å². The Kier molecular flexibility index (Phi) is 3.32. The highest BCUT2D eigenvalue weighted by Crippen LogP contribution is 2.35. The van der Waals surface area contributed by atoms with Crippen molar-refractivity contribution in [3.63, 3.8) is 0 Å². The van der Waals surface area contributed by atoms with Gasteiger partial charge in [-0.1, -0.05) is 15.9 Å². The van der Waals surface area contributed by atoms with Gasteiger partial charge in [-0.3, -0.25) is 0 Å². The van der Waals surface area contributed by atoms with E-state index >= 15 is 0 Å². The highest BCUT2D eigenvalue weighted by molar-refractivity contribution is 9.10. The average molecular weight is 303 g/mol. The van der Waals surface area contributed by atoms with Crippen LogP contribution in [0.25, 0.3) is 0 Å². The van der Waals surface area contributed by atoms with Gasteiger partial charge < -0.3 is 16.2 Å². The number of benzene rings is 1. The fourth-order valence-electron chi connectivity index (χ4n) is 2.27. The van der Waals surface area contributed by atoms with Crippen molar-refractivity contribution in [1.82, 2.24) is 0 Å². The molecular weight excluding hydrogens is 287 g/mol. The third kappa shape index (κ3) is 2.55. The number of nitrogens with two attached hydrogens (primary N) is 1. The van der Waals surface area contributed by atoms with Crippen LogP contribution in [0.4, 0.5) is 15.8 Å². The van der Waals surface area contributed by atoms with Crippen LogP contribution in [0.15, 0.2) is 16.6 Å². The molecule has 0 heterocycles. The van der Waals surface area contributed by atoms with E-state index in [1.54, 1.807) is 13.0 Å². The van der Waals surface area contributed by atoms with E-state index < -0.39 is 11.4 Å². The Morgan fingerprint density at radius 3 is 2.88 bits per heavy atom. The van der Waals surface area contributed by atoms with Gasteiger partial charge >= 0.3 is 0 Å². The van der Waals surface area contributed by atoms with E-state index in [2.05, 4.69) is 21.2 Å². The van der Waals surface area contributed by atoms with Gasteiger partial charge in [0.1, 0.15) is 5.82 Å². The molecule has 0 bridgehead atoms. The summed E-state index contributed by atoms with van der Waals surface area (Å²) in [5.41, 5.74) is 5.54. The lowest BCUT2D eigenvalue weighted by Gasteiger charge is -2.28. The zero-order chi connectivity index (χ0) is 12.6. The van der Waals surface area contributed by atoms with Gasteiger partial charge in [0.25, 0.3) is 0 Å². The molecule has 0 saturated heterocycles. The average Bonchev–Trinajstić information content (AvgIpc) is 2.54. The lowest BCUT2D eigenvalue weighted by atomic mass is 10.0. The smallest absolute Gasteiger partial charge is 0.149 e. The Morgan fingerprint density at radius 1 is 1.59 bits per heavy atom. The second-order valence-corrected chi connectivity index (χ2v) is 5.71. The van der Waals surface area contributed by atoms with E-state index in [1.165, 1.54) is 6.07 Å². The van der Waals surface area contributed by atoms with E-state index in [-0.39, 0.29) is 11.7 Å². The van der Waals surface area contributed by atoms with Crippen molar-refractivity contribution in [2.24, 2.45) is 0 Å². The zero-order valence-electron chi connectivity index (χ0n) is 9.63. The van der Waals surface area contributed by atoms with E-state index in [0.29, 0.717) is 10.2 Å². The molecule has 2 rings (SSSR count). The maximum Gasteiger partial charge on any atom is 0.149 e. The van der Waals surface area contributed by atoms with Crippen molar-refractivity contribution in [2.75, 3.05) is 11.1 Å². The summed E-state index contributed by atoms with van der Waals surface area (Å²) in [7, 11) is 0. The van der Waals surface area contributed by atoms with Crippen molar-refractivity contribution < 1.29 is 9.50 Å². The maximum absolute atomic E-state index is 13.4. The van der Waals surface area contributed by atoms with Gasteiger partial charge in [0, 0.05) is 4.47 Å². The second kappa shape index (κ2) is 4.46. The van der Waals surface area contributed by atoms with Gasteiger partial charge in [-0.15, -0.1) is 0 Å². The predicted octanol–water partition coefficient (Wildman–Crippen LogP) is 2.89. The number of halogens is 2. The van der Waals surface area contributed by atoms with Gasteiger partial charge in [0.15, 0.2) is 0 Å². The molecule has 2 atom stereocenters. The Balaban J connectivity index is 2.24. The first-order chi connectivity index (χ1) is 7.90. The summed E-state index contributed by atoms with van der Waals surface area (Å²) in [6, 6.07) is 2.97. The number of nitrogen functional groups attached to an aromatic ring is 1. The van der Waals surface area contributed by atoms with Crippen LogP contribution in [0.1, 0.15) is 26.2 Å². The number of nitrogens with one attached hydrogen (secondary N) is 1. The quantitative estimate of drug-likeness (QED) is 0.736. The Labute approximate surface area is 108 Å². The summed E-state index contributed by atoms with van der Waals surface area (Å²) in [6.07, 6.45) is 2.57. The number of anilines is 2. The lowest BCUT2D eigenvalue weighted by molar-refractivity contribution is 0.0579. The first-order valence-electron chi connectivity index (χ1n) is 5.63. The van der Waals surface area contributed by atoms with Gasteiger partial charge in [0.05, 0.1) is 23.0 Å². The highest BCUT2D eigenvalue weighted by Gasteiger charge is 2.36. The summed E-state index contributed by atoms with van der Waals surface area (Å²) in [5.74, 6) is -0.459. The van der Waals surface area contributed by atoms with Crippen LogP contribution < -0.4 is 11.1 Å². The molecule has 1 aliphatic carbocycles. The zero-order valence-corrected chi connectivity index (χ0v) is 11.2. The molecule has 0 spiro atoms. The Hall–Kier alpha value is -0.810. The molecule has 1 aromatic carbocycles. The van der Waals surface area contributed by atoms with Crippen molar-refractivity contribution >= 4 is 27.3 Å². The first kappa shape index (κ1) is 12.6. The largest absolute Gasteiger partial charge is 0.395 e. The summed E-state index contributed by atoms with van der Waals surface area (Å²) >= 11 is 3.23. The van der Waals surface area contributed by atoms with Crippen LogP contribution in [0, 0.1) is 5.82 Å². The van der Waals surface area contributed by atoms with Crippen LogP contribution in [-0.2, 0) is 0 Å². The lowest BCUT2D eigenvalue weighted by Crippen LogP contribution is -2.39. The SMILES string of the molecule is C[C@@]1(O)CCC[C@H]1Nc1cc(Br)cc(F)c1N. The molecule has 5 heteroatoms. The highest BCUT2D eigenvalue weighted by atomic mass is 79.9. The van der Waals surface area contributed by atoms with Crippen LogP contribution in [0.2, 0.25) is 0 Å². The molecule has 0 aliphatic heterocycles. The predicted molar refractivity (Wildman–Crippen MR) is 70.4 cm³/mol. The molecular formula is C12H16BrFN2O. The fraction of sp³-hybridized carbons (Fsp3) is 0.500. The van der Waals surface area contributed by atoms with Crippen molar-refractivity contribution in [3.05, 3.63) is 22.4 Å². The van der Waals surface area contributed by atoms with E-state index in [0.717, 1.165) is 19.3 Å². The van der Waals surface area contributed by atoms with Crippen LogP contribution in [0.5, 0.6) is 0 Å². The summed E-state index contributed by atoms with van der Waals surface area (Å²) in [6.45, 7) is 1.79. The molecule has 1 fully saturated rings. The molecule has 1 aromatic rings. The molecule has 3 nitrogen and oxygen atoms in total. The molecule has 1 saturated carbocycles. The number of rotatable bonds is 2. The molecule has 0 amide bonds. The molecule has 1 aliphatic rings. The van der Waals surface area contributed by atoms with Crippen molar-refractivity contribution in [1.29, 1.82) is 0 Å². The van der Waals surface area contributed by atoms with Crippen LogP contribution in [0.3, 0.4) is 0 Å². The molecule has 0 unspecified atom stereocenters. The molecule has 4 N–H and O–H groups in total. The summed E-state index contributed by atoms with van der Waals surface area (Å²) in [4.78, 5) is 0. The van der Waals surface area contributed by atoms with Gasteiger partial charge in [-0.05, 0) is 38.3 Å². The molecule has 17 heavy (non-hydrogen) atoms. The summed E-state index contributed by atoms with van der Waals surface area (Å²) in [5, 5.41) is 13.3. The van der Waals surface area contributed by atoms with Crippen molar-refractivity contribution in [2.45, 2.75) is 37.8 Å². The molecule has 94 valence electrons. The first-order valence-corrected chi connectivity index (χ1v) is 6.43. The van der Waals surface area contributed by atoms with E-state index in [4.69, 9.17) is 5.73 Å². The summed E-state index contributed by atoms with van der Waals surface area (Å²) < 4.78 is 14.1. The van der Waals surface area contributed by atoms with Gasteiger partial charge in [-0.25, -0.2) is 4.39 Å². The van der Waals surface area contributed by atoms with Gasteiger partial charge in [0.2, 0.25) is 0 Å². The third-order valence-electron chi connectivity index (χ3n) is 3.35. The number of hydrogen-bond donors (Lipinski definition) is 3. The van der Waals surface area contributed by atoms with E-state index in [1.807, 2.05) is 0 Å². The van der Waals surface area contributed by atoms with Crippen molar-refractivity contribution in [3.8, 4) is 0 Å². The third-order valence-corrected chi connectivity index (χ3v) is 3.81. The monoisotopic (exact) mass is 302 g/mol. The molecule has 0 radical (unpaired) electrons. The van der Waals surface area contributed by atoms with Gasteiger partial charge in [-0.2, -0.15) is 0 Å². The van der Waals surface area contributed by atoms with Crippen LogP contribution in [-0.4, -0.2) is 16.7 Å². The number of aliphatic hydroxyl groups is 1. The van der Waals surface area contributed by atoms with E-state index in [9.17, 15) is 9.50 Å². The normalized spacial score (nSPS) is 28.4. The maximum atomic E-state index is 13.4. The topological polar surface area (TPSA) is 58.3 Å². The standard InChI is InChI=1S/C12H16BrFN2O/c1-12(17)4-2-3-10(12)16-9-6-7(13)5-8(14)11(9)15/h5-6,10,16-17H,2-4,15H2,1H3/t10-,12-/m1/s1.